The molecule has 11 nitrogen and oxygen atoms in total. The Morgan fingerprint density at radius 3 is 1.24 bits per heavy atom. The van der Waals surface area contributed by atoms with Crippen LogP contribution in [0.1, 0.15) is 348 Å². The van der Waals surface area contributed by atoms with E-state index in [1.165, 1.54) is 238 Å². The second-order valence-electron chi connectivity index (χ2n) is 25.3. The van der Waals surface area contributed by atoms with Gasteiger partial charge in [-0.15, -0.1) is 0 Å². The zero-order chi connectivity index (χ0) is 61.7. The Morgan fingerprint density at radius 1 is 0.459 bits per heavy atom. The van der Waals surface area contributed by atoms with E-state index in [2.05, 4.69) is 62.5 Å². The van der Waals surface area contributed by atoms with Crippen LogP contribution < -0.4 is 5.32 Å². The molecule has 498 valence electrons. The van der Waals surface area contributed by atoms with Crippen LogP contribution in [0, 0.1) is 0 Å². The molecule has 6 N–H and O–H groups in total. The number of nitrogens with one attached hydrogen (secondary N) is 1. The largest absolute Gasteiger partial charge is 0.454 e. The van der Waals surface area contributed by atoms with Gasteiger partial charge in [0, 0.05) is 6.42 Å². The Balaban J connectivity index is 2.53. The van der Waals surface area contributed by atoms with E-state index in [1.807, 2.05) is 6.08 Å². The molecule has 0 aromatic heterocycles. The summed E-state index contributed by atoms with van der Waals surface area (Å²) in [6, 6.07) is -1.02. The van der Waals surface area contributed by atoms with E-state index in [0.717, 1.165) is 64.2 Å². The number of esters is 1. The molecule has 1 rings (SSSR count). The first-order chi connectivity index (χ1) is 41.7. The van der Waals surface area contributed by atoms with E-state index in [0.29, 0.717) is 19.3 Å². The van der Waals surface area contributed by atoms with Crippen LogP contribution in [0.3, 0.4) is 0 Å². The molecule has 1 aliphatic rings. The van der Waals surface area contributed by atoms with Gasteiger partial charge in [-0.05, 0) is 83.5 Å². The third-order valence-electron chi connectivity index (χ3n) is 17.2. The second kappa shape index (κ2) is 61.8. The number of allylic oxidation sites excluding steroid dienone is 7. The lowest BCUT2D eigenvalue weighted by atomic mass is 9.99. The number of carbonyl (C=O) groups is 2. The van der Waals surface area contributed by atoms with Crippen molar-refractivity contribution in [2.45, 2.75) is 397 Å². The third kappa shape index (κ3) is 49.1. The third-order valence-corrected chi connectivity index (χ3v) is 17.2. The van der Waals surface area contributed by atoms with Crippen LogP contribution >= 0.6 is 0 Å². The van der Waals surface area contributed by atoms with Crippen molar-refractivity contribution >= 4 is 11.9 Å². The number of ether oxygens (including phenoxy) is 3. The van der Waals surface area contributed by atoms with Crippen molar-refractivity contribution in [3.8, 4) is 0 Å². The highest BCUT2D eigenvalue weighted by Crippen LogP contribution is 2.26. The Hall–Kier alpha value is -2.38. The first kappa shape index (κ1) is 80.6. The van der Waals surface area contributed by atoms with Gasteiger partial charge in [-0.1, -0.05) is 307 Å². The Morgan fingerprint density at radius 2 is 0.812 bits per heavy atom. The zero-order valence-corrected chi connectivity index (χ0v) is 55.5. The summed E-state index contributed by atoms with van der Waals surface area (Å²) < 4.78 is 17.7. The average Bonchev–Trinajstić information content (AvgIpc) is 2.91. The molecule has 0 bridgehead atoms. The van der Waals surface area contributed by atoms with Crippen molar-refractivity contribution in [2.75, 3.05) is 13.2 Å². The van der Waals surface area contributed by atoms with E-state index < -0.39 is 67.4 Å². The number of carbonyl (C=O) groups excluding carboxylic acids is 2. The minimum absolute atomic E-state index is 0.123. The van der Waals surface area contributed by atoms with Crippen molar-refractivity contribution < 1.29 is 49.3 Å². The summed E-state index contributed by atoms with van der Waals surface area (Å²) in [7, 11) is 0. The van der Waals surface area contributed by atoms with Crippen LogP contribution in [0.15, 0.2) is 48.6 Å². The second-order valence-corrected chi connectivity index (χ2v) is 25.3. The summed E-state index contributed by atoms with van der Waals surface area (Å²) in [5, 5.41) is 57.2. The molecule has 8 atom stereocenters. The minimum atomic E-state index is -1.61. The molecule has 0 saturated carbocycles. The van der Waals surface area contributed by atoms with Gasteiger partial charge in [-0.2, -0.15) is 0 Å². The van der Waals surface area contributed by atoms with Gasteiger partial charge in [0.1, 0.15) is 24.4 Å². The number of hydrogen-bond acceptors (Lipinski definition) is 10. The monoisotopic (exact) mass is 1200 g/mol. The lowest BCUT2D eigenvalue weighted by Gasteiger charge is -2.41. The predicted molar refractivity (Wildman–Crippen MR) is 357 cm³/mol. The molecule has 0 aromatic rings. The highest BCUT2D eigenvalue weighted by atomic mass is 16.7. The summed E-state index contributed by atoms with van der Waals surface area (Å²) >= 11 is 0. The molecule has 1 aliphatic heterocycles. The van der Waals surface area contributed by atoms with E-state index in [9.17, 15) is 35.1 Å². The Kier molecular flexibility index (Phi) is 58.7. The molecule has 11 heteroatoms. The zero-order valence-electron chi connectivity index (χ0n) is 55.5. The highest BCUT2D eigenvalue weighted by Gasteiger charge is 2.47. The van der Waals surface area contributed by atoms with Crippen LogP contribution in [0.2, 0.25) is 0 Å². The molecule has 1 fully saturated rings. The first-order valence-corrected chi connectivity index (χ1v) is 36.4. The van der Waals surface area contributed by atoms with Crippen molar-refractivity contribution in [3.63, 3.8) is 0 Å². The van der Waals surface area contributed by atoms with E-state index in [1.54, 1.807) is 6.08 Å². The van der Waals surface area contributed by atoms with Gasteiger partial charge in [-0.25, -0.2) is 0 Å². The Labute approximate surface area is 523 Å². The molecule has 85 heavy (non-hydrogen) atoms. The van der Waals surface area contributed by atoms with Gasteiger partial charge in [-0.3, -0.25) is 9.59 Å². The van der Waals surface area contributed by atoms with Gasteiger partial charge in [0.15, 0.2) is 12.4 Å². The molecular formula is C74H137NO10. The summed E-state index contributed by atoms with van der Waals surface area (Å²) in [5.74, 6) is -1.18. The van der Waals surface area contributed by atoms with E-state index in [4.69, 9.17) is 14.2 Å². The smallest absolute Gasteiger partial charge is 0.306 e. The Bertz CT molecular complexity index is 1570. The molecule has 1 saturated heterocycles. The van der Waals surface area contributed by atoms with Crippen molar-refractivity contribution in [2.24, 2.45) is 0 Å². The van der Waals surface area contributed by atoms with Crippen LogP contribution in [0.4, 0.5) is 0 Å². The lowest BCUT2D eigenvalue weighted by molar-refractivity contribution is -0.305. The standard InChI is InChI=1S/C74H137NO10/c1-4-7-10-13-16-19-22-24-26-28-30-32-33-34-36-37-39-41-43-46-49-52-55-58-61-67(78)73(82)75-65(66(77)60-57-54-51-48-45-21-18-15-12-9-6-3)64-83-74-72(71(81)70(80)68(63-76)84-74)85-69(79)62-59-56-53-50-47-44-42-40-38-35-31-29-27-25-23-20-17-14-11-8-5-2/h17,20,24-27,57,60,65-68,70-72,74,76-78,80-81H,4-16,18-19,21-23,28-56,58-59,61-64H2,1-3H3,(H,75,82)/b20-17-,26-24+,27-25-,60-57+. The van der Waals surface area contributed by atoms with Gasteiger partial charge in [0.2, 0.25) is 5.91 Å². The van der Waals surface area contributed by atoms with Crippen LogP contribution in [0.5, 0.6) is 0 Å². The maximum Gasteiger partial charge on any atom is 0.306 e. The number of aliphatic hydroxyl groups excluding tert-OH is 5. The number of hydrogen-bond donors (Lipinski definition) is 6. The maximum atomic E-state index is 13.5. The van der Waals surface area contributed by atoms with Crippen LogP contribution in [-0.2, 0) is 23.8 Å². The minimum Gasteiger partial charge on any atom is -0.454 e. The number of aliphatic hydroxyl groups is 5. The van der Waals surface area contributed by atoms with Gasteiger partial charge < -0.3 is 45.1 Å². The lowest BCUT2D eigenvalue weighted by Crippen LogP contribution is -2.61. The molecule has 0 aromatic carbocycles. The average molecular weight is 1200 g/mol. The number of amides is 1. The molecule has 1 amide bonds. The van der Waals surface area contributed by atoms with E-state index >= 15 is 0 Å². The van der Waals surface area contributed by atoms with Crippen LogP contribution in [0.25, 0.3) is 0 Å². The van der Waals surface area contributed by atoms with Crippen molar-refractivity contribution in [3.05, 3.63) is 48.6 Å². The summed E-state index contributed by atoms with van der Waals surface area (Å²) in [6.07, 6.45) is 67.3. The maximum absolute atomic E-state index is 13.5. The fourth-order valence-corrected chi connectivity index (χ4v) is 11.4. The number of unbranched alkanes of at least 4 members (excludes halogenated alkanes) is 43. The van der Waals surface area contributed by atoms with Crippen LogP contribution in [-0.4, -0.2) is 99.6 Å². The van der Waals surface area contributed by atoms with Gasteiger partial charge >= 0.3 is 5.97 Å². The molecule has 1 heterocycles. The molecule has 0 aliphatic carbocycles. The molecule has 0 radical (unpaired) electrons. The number of rotatable bonds is 63. The summed E-state index contributed by atoms with van der Waals surface area (Å²) in [4.78, 5) is 26.7. The molecular weight excluding hydrogens is 1060 g/mol. The SMILES string of the molecule is CCCCC/C=C\C/C=C\CCCCCCCCCCCCCC(=O)OC1C(OCC(NC(=O)C(O)CCCCCCCCCCCCCCCC/C=C/CCCCCCCC)C(O)/C=C/CCCCCCCCCCC)OC(CO)C(O)C1O. The summed E-state index contributed by atoms with van der Waals surface area (Å²) in [5.41, 5.74) is 0. The summed E-state index contributed by atoms with van der Waals surface area (Å²) in [6.45, 7) is 5.80. The predicted octanol–water partition coefficient (Wildman–Crippen LogP) is 18.7. The highest BCUT2D eigenvalue weighted by molar-refractivity contribution is 5.80. The van der Waals surface area contributed by atoms with Crippen molar-refractivity contribution in [1.29, 1.82) is 0 Å². The quantitative estimate of drug-likeness (QED) is 0.0195. The molecule has 8 unspecified atom stereocenters. The first-order valence-electron chi connectivity index (χ1n) is 36.4. The fraction of sp³-hybridized carbons (Fsp3) is 0.865. The van der Waals surface area contributed by atoms with E-state index in [-0.39, 0.29) is 13.0 Å². The van der Waals surface area contributed by atoms with Gasteiger partial charge in [0.05, 0.1) is 25.4 Å². The normalized spacial score (nSPS) is 18.6. The molecule has 0 spiro atoms. The van der Waals surface area contributed by atoms with Crippen molar-refractivity contribution in [1.82, 2.24) is 5.32 Å². The fourth-order valence-electron chi connectivity index (χ4n) is 11.4. The van der Waals surface area contributed by atoms with Gasteiger partial charge in [0.25, 0.3) is 0 Å². The topological polar surface area (TPSA) is 175 Å².